The average Bonchev–Trinajstić information content (AvgIpc) is 2.49. The highest BCUT2D eigenvalue weighted by atomic mass is 16.4. The van der Waals surface area contributed by atoms with Crippen molar-refractivity contribution in [2.45, 2.75) is 32.2 Å². The summed E-state index contributed by atoms with van der Waals surface area (Å²) < 4.78 is 0. The Labute approximate surface area is 83.0 Å². The topological polar surface area (TPSA) is 66.4 Å². The minimum Gasteiger partial charge on any atom is -0.478 e. The quantitative estimate of drug-likeness (QED) is 0.661. The molecule has 0 radical (unpaired) electrons. The maximum atomic E-state index is 11.2. The molecule has 1 fully saturated rings. The summed E-state index contributed by atoms with van der Waals surface area (Å²) in [5.74, 6) is -0.914. The van der Waals surface area contributed by atoms with Crippen molar-refractivity contribution in [1.29, 1.82) is 0 Å². The number of hydrogen-bond acceptors (Lipinski definition) is 2. The lowest BCUT2D eigenvalue weighted by Crippen LogP contribution is -2.35. The zero-order valence-electron chi connectivity index (χ0n) is 8.19. The summed E-state index contributed by atoms with van der Waals surface area (Å²) in [7, 11) is 0. The Morgan fingerprint density at radius 3 is 2.57 bits per heavy atom. The lowest BCUT2D eigenvalue weighted by molar-refractivity contribution is -0.131. The van der Waals surface area contributed by atoms with Gasteiger partial charge in [0.2, 0.25) is 5.91 Å². The van der Waals surface area contributed by atoms with Crippen LogP contribution in [0, 0.1) is 5.92 Å². The molecule has 2 N–H and O–H groups in total. The summed E-state index contributed by atoms with van der Waals surface area (Å²) in [5.41, 5.74) is 0. The molecular formula is C10H15NO3. The van der Waals surface area contributed by atoms with Crippen molar-refractivity contribution in [3.05, 3.63) is 12.2 Å². The predicted octanol–water partition coefficient (Wildman–Crippen LogP) is 0.932. The van der Waals surface area contributed by atoms with E-state index < -0.39 is 5.97 Å². The van der Waals surface area contributed by atoms with Crippen LogP contribution in [0.3, 0.4) is 0 Å². The van der Waals surface area contributed by atoms with Gasteiger partial charge in [-0.1, -0.05) is 13.3 Å². The molecule has 0 bridgehead atoms. The van der Waals surface area contributed by atoms with Crippen LogP contribution >= 0.6 is 0 Å². The van der Waals surface area contributed by atoms with Crippen LogP contribution in [0.2, 0.25) is 0 Å². The first-order valence-corrected chi connectivity index (χ1v) is 4.81. The summed E-state index contributed by atoms with van der Waals surface area (Å²) in [6.45, 7) is 2.10. The maximum absolute atomic E-state index is 11.2. The number of carboxylic acids is 1. The van der Waals surface area contributed by atoms with E-state index in [2.05, 4.69) is 12.2 Å². The number of amides is 1. The second-order valence-electron chi connectivity index (χ2n) is 3.69. The van der Waals surface area contributed by atoms with Crippen LogP contribution in [-0.2, 0) is 9.59 Å². The van der Waals surface area contributed by atoms with Gasteiger partial charge in [0.05, 0.1) is 0 Å². The lowest BCUT2D eigenvalue weighted by atomic mass is 10.1. The average molecular weight is 197 g/mol. The molecule has 1 saturated carbocycles. The van der Waals surface area contributed by atoms with E-state index in [0.717, 1.165) is 31.4 Å². The Hall–Kier alpha value is -1.32. The normalized spacial score (nSPS) is 26.6. The molecule has 2 unspecified atom stereocenters. The number of hydrogen-bond donors (Lipinski definition) is 2. The third-order valence-electron chi connectivity index (χ3n) is 2.57. The number of carbonyl (C=O) groups excluding carboxylic acids is 1. The van der Waals surface area contributed by atoms with Gasteiger partial charge >= 0.3 is 5.97 Å². The summed E-state index contributed by atoms with van der Waals surface area (Å²) in [4.78, 5) is 21.3. The Balaban J connectivity index is 2.36. The van der Waals surface area contributed by atoms with Crippen molar-refractivity contribution in [2.24, 2.45) is 5.92 Å². The van der Waals surface area contributed by atoms with Gasteiger partial charge in [0, 0.05) is 18.2 Å². The molecule has 0 aromatic rings. The van der Waals surface area contributed by atoms with E-state index in [4.69, 9.17) is 5.11 Å². The summed E-state index contributed by atoms with van der Waals surface area (Å²) in [5, 5.41) is 11.1. The fourth-order valence-corrected chi connectivity index (χ4v) is 1.74. The predicted molar refractivity (Wildman–Crippen MR) is 51.7 cm³/mol. The van der Waals surface area contributed by atoms with Crippen LogP contribution in [0.25, 0.3) is 0 Å². The van der Waals surface area contributed by atoms with Gasteiger partial charge in [-0.05, 0) is 18.8 Å². The van der Waals surface area contributed by atoms with Crippen molar-refractivity contribution < 1.29 is 14.7 Å². The number of rotatable bonds is 3. The van der Waals surface area contributed by atoms with Gasteiger partial charge < -0.3 is 10.4 Å². The molecule has 0 saturated heterocycles. The number of carbonyl (C=O) groups is 2. The Morgan fingerprint density at radius 1 is 1.36 bits per heavy atom. The van der Waals surface area contributed by atoms with Crippen LogP contribution in [0.5, 0.6) is 0 Å². The van der Waals surface area contributed by atoms with E-state index >= 15 is 0 Å². The molecule has 2 atom stereocenters. The van der Waals surface area contributed by atoms with Crippen LogP contribution in [0.4, 0.5) is 0 Å². The standard InChI is InChI=1S/C10H15NO3/c1-7-3-2-4-8(7)11-9(12)5-6-10(13)14/h5-8H,2-4H2,1H3,(H,11,12)(H,13,14). The van der Waals surface area contributed by atoms with E-state index in [1.807, 2.05) is 0 Å². The van der Waals surface area contributed by atoms with E-state index in [0.29, 0.717) is 5.92 Å². The third-order valence-corrected chi connectivity index (χ3v) is 2.57. The van der Waals surface area contributed by atoms with Crippen LogP contribution < -0.4 is 5.32 Å². The largest absolute Gasteiger partial charge is 0.478 e. The lowest BCUT2D eigenvalue weighted by Gasteiger charge is -2.15. The molecule has 0 spiro atoms. The molecule has 1 aliphatic rings. The van der Waals surface area contributed by atoms with Crippen LogP contribution in [-0.4, -0.2) is 23.0 Å². The molecule has 1 amide bonds. The first-order chi connectivity index (χ1) is 6.59. The summed E-state index contributed by atoms with van der Waals surface area (Å²) >= 11 is 0. The SMILES string of the molecule is CC1CCCC1NC(=O)C=CC(=O)O. The maximum Gasteiger partial charge on any atom is 0.328 e. The fourth-order valence-electron chi connectivity index (χ4n) is 1.74. The Bertz CT molecular complexity index is 260. The molecular weight excluding hydrogens is 182 g/mol. The highest BCUT2D eigenvalue weighted by Gasteiger charge is 2.23. The highest BCUT2D eigenvalue weighted by Crippen LogP contribution is 2.24. The molecule has 78 valence electrons. The second-order valence-corrected chi connectivity index (χ2v) is 3.69. The van der Waals surface area contributed by atoms with Crippen molar-refractivity contribution >= 4 is 11.9 Å². The molecule has 1 aliphatic carbocycles. The first-order valence-electron chi connectivity index (χ1n) is 4.81. The van der Waals surface area contributed by atoms with Crippen molar-refractivity contribution in [2.75, 3.05) is 0 Å². The molecule has 4 heteroatoms. The van der Waals surface area contributed by atoms with Gasteiger partial charge in [0.15, 0.2) is 0 Å². The number of carboxylic acid groups (broad SMARTS) is 1. The van der Waals surface area contributed by atoms with Gasteiger partial charge in [-0.2, -0.15) is 0 Å². The number of aliphatic carboxylic acids is 1. The summed E-state index contributed by atoms with van der Waals surface area (Å²) in [6, 6.07) is 0.209. The minimum absolute atomic E-state index is 0.209. The van der Waals surface area contributed by atoms with Crippen LogP contribution in [0.1, 0.15) is 26.2 Å². The highest BCUT2D eigenvalue weighted by molar-refractivity contribution is 5.94. The van der Waals surface area contributed by atoms with Gasteiger partial charge in [-0.3, -0.25) is 4.79 Å². The van der Waals surface area contributed by atoms with Crippen molar-refractivity contribution in [3.8, 4) is 0 Å². The molecule has 0 aromatic carbocycles. The van der Waals surface area contributed by atoms with Crippen LogP contribution in [0.15, 0.2) is 12.2 Å². The minimum atomic E-state index is -1.10. The van der Waals surface area contributed by atoms with Gasteiger partial charge in [0.25, 0.3) is 0 Å². The molecule has 14 heavy (non-hydrogen) atoms. The molecule has 0 heterocycles. The van der Waals surface area contributed by atoms with Gasteiger partial charge in [-0.15, -0.1) is 0 Å². The van der Waals surface area contributed by atoms with Gasteiger partial charge in [-0.25, -0.2) is 4.79 Å². The molecule has 0 aromatic heterocycles. The third kappa shape index (κ3) is 3.20. The van der Waals surface area contributed by atoms with Crippen molar-refractivity contribution in [3.63, 3.8) is 0 Å². The Morgan fingerprint density at radius 2 is 2.07 bits per heavy atom. The summed E-state index contributed by atoms with van der Waals surface area (Å²) in [6.07, 6.45) is 5.18. The molecule has 0 aliphatic heterocycles. The molecule has 1 rings (SSSR count). The smallest absolute Gasteiger partial charge is 0.328 e. The molecule has 4 nitrogen and oxygen atoms in total. The van der Waals surface area contributed by atoms with E-state index in [1.165, 1.54) is 0 Å². The zero-order chi connectivity index (χ0) is 10.6. The first kappa shape index (κ1) is 10.8. The monoisotopic (exact) mass is 197 g/mol. The van der Waals surface area contributed by atoms with E-state index in [1.54, 1.807) is 0 Å². The number of nitrogens with one attached hydrogen (secondary N) is 1. The van der Waals surface area contributed by atoms with E-state index in [9.17, 15) is 9.59 Å². The van der Waals surface area contributed by atoms with Crippen molar-refractivity contribution in [1.82, 2.24) is 5.32 Å². The fraction of sp³-hybridized carbons (Fsp3) is 0.600. The van der Waals surface area contributed by atoms with Gasteiger partial charge in [0.1, 0.15) is 0 Å². The van der Waals surface area contributed by atoms with E-state index in [-0.39, 0.29) is 11.9 Å². The Kier molecular flexibility index (Phi) is 3.68. The zero-order valence-corrected chi connectivity index (χ0v) is 8.19. The second kappa shape index (κ2) is 4.79.